The van der Waals surface area contributed by atoms with Crippen LogP contribution in [0.15, 0.2) is 48.5 Å². The molecule has 0 heterocycles. The predicted octanol–water partition coefficient (Wildman–Crippen LogP) is 3.27. The highest BCUT2D eigenvalue weighted by molar-refractivity contribution is 7.91. The molecule has 128 valence electrons. The second-order valence-corrected chi connectivity index (χ2v) is 8.01. The molecular weight excluding hydrogens is 322 g/mol. The standard InChI is InChI=1S/C19H23NO3S/c1-4-20(18-11-6-5-9-16(18)3)19(21)14-24(22,23)13-17-10-7-8-15(2)12-17/h5-12H,4,13-14H2,1-3H3. The van der Waals surface area contributed by atoms with Gasteiger partial charge in [0, 0.05) is 12.2 Å². The molecule has 0 fully saturated rings. The Morgan fingerprint density at radius 2 is 1.75 bits per heavy atom. The van der Waals surface area contributed by atoms with Gasteiger partial charge in [0.25, 0.3) is 0 Å². The summed E-state index contributed by atoms with van der Waals surface area (Å²) in [5.74, 6) is -0.992. The van der Waals surface area contributed by atoms with Gasteiger partial charge in [0.2, 0.25) is 5.91 Å². The minimum atomic E-state index is -3.52. The van der Waals surface area contributed by atoms with Crippen molar-refractivity contribution in [2.45, 2.75) is 26.5 Å². The van der Waals surface area contributed by atoms with Crippen molar-refractivity contribution in [3.63, 3.8) is 0 Å². The molecule has 0 N–H and O–H groups in total. The lowest BCUT2D eigenvalue weighted by molar-refractivity contribution is -0.116. The van der Waals surface area contributed by atoms with Crippen molar-refractivity contribution < 1.29 is 13.2 Å². The second kappa shape index (κ2) is 7.62. The van der Waals surface area contributed by atoms with Gasteiger partial charge in [-0.2, -0.15) is 0 Å². The number of amides is 1. The maximum atomic E-state index is 12.5. The Kier molecular flexibility index (Phi) is 5.78. The quantitative estimate of drug-likeness (QED) is 0.807. The van der Waals surface area contributed by atoms with Gasteiger partial charge in [0.1, 0.15) is 5.75 Å². The summed E-state index contributed by atoms with van der Waals surface area (Å²) in [6.45, 7) is 6.10. The van der Waals surface area contributed by atoms with E-state index in [2.05, 4.69) is 0 Å². The zero-order valence-electron chi connectivity index (χ0n) is 14.3. The summed E-state index contributed by atoms with van der Waals surface area (Å²) in [5, 5.41) is 0. The highest BCUT2D eigenvalue weighted by Crippen LogP contribution is 2.20. The number of rotatable bonds is 6. The maximum absolute atomic E-state index is 12.5. The van der Waals surface area contributed by atoms with E-state index < -0.39 is 15.6 Å². The largest absolute Gasteiger partial charge is 0.312 e. The van der Waals surface area contributed by atoms with E-state index in [1.807, 2.05) is 63.2 Å². The molecule has 0 aliphatic carbocycles. The molecule has 0 atom stereocenters. The van der Waals surface area contributed by atoms with E-state index >= 15 is 0 Å². The molecule has 0 spiro atoms. The number of aryl methyl sites for hydroxylation is 2. The summed E-state index contributed by atoms with van der Waals surface area (Å²) in [6, 6.07) is 14.8. The highest BCUT2D eigenvalue weighted by atomic mass is 32.2. The number of sulfone groups is 1. The van der Waals surface area contributed by atoms with Gasteiger partial charge in [-0.15, -0.1) is 0 Å². The molecule has 0 saturated carbocycles. The predicted molar refractivity (Wildman–Crippen MR) is 97.9 cm³/mol. The third-order valence-corrected chi connectivity index (χ3v) is 5.30. The van der Waals surface area contributed by atoms with Crippen molar-refractivity contribution in [3.05, 3.63) is 65.2 Å². The fourth-order valence-electron chi connectivity index (χ4n) is 2.72. The normalized spacial score (nSPS) is 11.3. The number of nitrogens with zero attached hydrogens (tertiary/aromatic N) is 1. The molecule has 4 nitrogen and oxygen atoms in total. The number of carbonyl (C=O) groups is 1. The summed E-state index contributed by atoms with van der Waals surface area (Å²) in [7, 11) is -3.52. The lowest BCUT2D eigenvalue weighted by Gasteiger charge is -2.23. The minimum absolute atomic E-state index is 0.119. The van der Waals surface area contributed by atoms with Crippen LogP contribution in [0.2, 0.25) is 0 Å². The van der Waals surface area contributed by atoms with Crippen LogP contribution in [-0.2, 0) is 20.4 Å². The SMILES string of the molecule is CCN(C(=O)CS(=O)(=O)Cc1cccc(C)c1)c1ccccc1C. The number of para-hydroxylation sites is 1. The molecule has 0 saturated heterocycles. The van der Waals surface area contributed by atoms with E-state index in [1.165, 1.54) is 4.90 Å². The van der Waals surface area contributed by atoms with Crippen molar-refractivity contribution in [1.82, 2.24) is 0 Å². The van der Waals surface area contributed by atoms with E-state index in [0.717, 1.165) is 16.8 Å². The van der Waals surface area contributed by atoms with Crippen LogP contribution in [0.1, 0.15) is 23.6 Å². The fraction of sp³-hybridized carbons (Fsp3) is 0.316. The van der Waals surface area contributed by atoms with Crippen LogP contribution in [0.4, 0.5) is 5.69 Å². The van der Waals surface area contributed by atoms with Crippen molar-refractivity contribution in [2.24, 2.45) is 0 Å². The summed E-state index contributed by atoms with van der Waals surface area (Å²) in [6.07, 6.45) is 0. The molecule has 5 heteroatoms. The first-order valence-corrected chi connectivity index (χ1v) is 9.76. The van der Waals surface area contributed by atoms with E-state index in [0.29, 0.717) is 12.1 Å². The van der Waals surface area contributed by atoms with Gasteiger partial charge in [-0.3, -0.25) is 4.79 Å². The van der Waals surface area contributed by atoms with Crippen molar-refractivity contribution >= 4 is 21.4 Å². The molecule has 0 aliphatic rings. The van der Waals surface area contributed by atoms with Crippen molar-refractivity contribution in [1.29, 1.82) is 0 Å². The smallest absolute Gasteiger partial charge is 0.242 e. The van der Waals surface area contributed by atoms with Gasteiger partial charge >= 0.3 is 0 Å². The second-order valence-electron chi connectivity index (χ2n) is 5.95. The van der Waals surface area contributed by atoms with Gasteiger partial charge in [0.05, 0.1) is 5.75 Å². The third-order valence-electron chi connectivity index (χ3n) is 3.84. The monoisotopic (exact) mass is 345 g/mol. The first kappa shape index (κ1) is 18.2. The fourth-order valence-corrected chi connectivity index (χ4v) is 4.04. The number of hydrogen-bond acceptors (Lipinski definition) is 3. The molecule has 1 amide bonds. The summed E-state index contributed by atoms with van der Waals surface area (Å²) < 4.78 is 24.8. The molecule has 0 aliphatic heterocycles. The summed E-state index contributed by atoms with van der Waals surface area (Å²) in [5.41, 5.74) is 3.42. The average molecular weight is 345 g/mol. The molecule has 2 aromatic carbocycles. The molecule has 0 unspecified atom stereocenters. The Bertz CT molecular complexity index is 828. The molecule has 2 rings (SSSR count). The van der Waals surface area contributed by atoms with E-state index in [-0.39, 0.29) is 11.7 Å². The van der Waals surface area contributed by atoms with Gasteiger partial charge in [0.15, 0.2) is 9.84 Å². The third kappa shape index (κ3) is 4.68. The molecule has 2 aromatic rings. The summed E-state index contributed by atoms with van der Waals surface area (Å²) in [4.78, 5) is 14.1. The summed E-state index contributed by atoms with van der Waals surface area (Å²) >= 11 is 0. The van der Waals surface area contributed by atoms with Crippen molar-refractivity contribution in [3.8, 4) is 0 Å². The van der Waals surface area contributed by atoms with Crippen LogP contribution in [0, 0.1) is 13.8 Å². The lowest BCUT2D eigenvalue weighted by Crippen LogP contribution is -2.36. The average Bonchev–Trinajstić information content (AvgIpc) is 2.48. The minimum Gasteiger partial charge on any atom is -0.312 e. The number of carbonyl (C=O) groups excluding carboxylic acids is 1. The highest BCUT2D eigenvalue weighted by Gasteiger charge is 2.23. The van der Waals surface area contributed by atoms with Crippen molar-refractivity contribution in [2.75, 3.05) is 17.2 Å². The number of anilines is 1. The molecule has 0 bridgehead atoms. The maximum Gasteiger partial charge on any atom is 0.242 e. The van der Waals surface area contributed by atoms with E-state index in [1.54, 1.807) is 6.07 Å². The van der Waals surface area contributed by atoms with Crippen LogP contribution in [0.3, 0.4) is 0 Å². The Balaban J connectivity index is 2.16. The van der Waals surface area contributed by atoms with E-state index in [4.69, 9.17) is 0 Å². The number of benzene rings is 2. The Morgan fingerprint density at radius 1 is 1.04 bits per heavy atom. The van der Waals surface area contributed by atoms with Crippen LogP contribution < -0.4 is 4.90 Å². The first-order chi connectivity index (χ1) is 11.3. The molecular formula is C19H23NO3S. The van der Waals surface area contributed by atoms with Crippen LogP contribution in [0.25, 0.3) is 0 Å². The topological polar surface area (TPSA) is 54.5 Å². The molecule has 0 aromatic heterocycles. The van der Waals surface area contributed by atoms with Gasteiger partial charge in [-0.1, -0.05) is 48.0 Å². The van der Waals surface area contributed by atoms with Gasteiger partial charge in [-0.05, 0) is 38.0 Å². The van der Waals surface area contributed by atoms with Crippen LogP contribution in [0.5, 0.6) is 0 Å². The van der Waals surface area contributed by atoms with Gasteiger partial charge < -0.3 is 4.90 Å². The molecule has 0 radical (unpaired) electrons. The lowest BCUT2D eigenvalue weighted by atomic mass is 10.2. The zero-order chi connectivity index (χ0) is 17.7. The Morgan fingerprint density at radius 3 is 2.38 bits per heavy atom. The Labute approximate surface area is 144 Å². The van der Waals surface area contributed by atoms with Gasteiger partial charge in [-0.25, -0.2) is 8.42 Å². The van der Waals surface area contributed by atoms with Crippen LogP contribution >= 0.6 is 0 Å². The van der Waals surface area contributed by atoms with E-state index in [9.17, 15) is 13.2 Å². The first-order valence-electron chi connectivity index (χ1n) is 7.94. The Hall–Kier alpha value is -2.14. The van der Waals surface area contributed by atoms with Crippen LogP contribution in [-0.4, -0.2) is 26.6 Å². The molecule has 24 heavy (non-hydrogen) atoms. The number of hydrogen-bond donors (Lipinski definition) is 0. The zero-order valence-corrected chi connectivity index (χ0v) is 15.1.